The number of aromatic nitrogens is 1. The molecule has 0 aliphatic carbocycles. The van der Waals surface area contributed by atoms with Gasteiger partial charge < -0.3 is 15.2 Å². The fraction of sp³-hybridized carbons (Fsp3) is 0.0370. The Hall–Kier alpha value is -4.38. The maximum atomic E-state index is 12.9. The molecule has 32 heavy (non-hydrogen) atoms. The van der Waals surface area contributed by atoms with Crippen LogP contribution < -0.4 is 16.1 Å². The first-order chi connectivity index (χ1) is 15.7. The first kappa shape index (κ1) is 19.6. The predicted octanol–water partition coefficient (Wildman–Crippen LogP) is 5.54. The largest absolute Gasteiger partial charge is 0.356 e. The highest BCUT2D eigenvalue weighted by molar-refractivity contribution is 5.97. The first-order valence-electron chi connectivity index (χ1n) is 10.4. The van der Waals surface area contributed by atoms with Crippen molar-refractivity contribution in [3.05, 3.63) is 113 Å². The summed E-state index contributed by atoms with van der Waals surface area (Å²) < 4.78 is 1.90. The number of hydrogen-bond acceptors (Lipinski definition) is 3. The molecule has 1 heterocycles. The smallest absolute Gasteiger partial charge is 0.244 e. The molecule has 0 fully saturated rings. The van der Waals surface area contributed by atoms with Gasteiger partial charge in [0.15, 0.2) is 5.43 Å². The zero-order valence-corrected chi connectivity index (χ0v) is 17.3. The van der Waals surface area contributed by atoms with Crippen molar-refractivity contribution in [2.24, 2.45) is 0 Å². The normalized spacial score (nSPS) is 10.9. The van der Waals surface area contributed by atoms with Crippen LogP contribution >= 0.6 is 0 Å². The van der Waals surface area contributed by atoms with E-state index in [2.05, 4.69) is 10.6 Å². The molecule has 156 valence electrons. The molecule has 0 bridgehead atoms. The number of rotatable bonds is 5. The number of nitrogens with one attached hydrogen (secondary N) is 2. The molecule has 5 nitrogen and oxygen atoms in total. The molecule has 5 aromatic rings. The quantitative estimate of drug-likeness (QED) is 0.368. The summed E-state index contributed by atoms with van der Waals surface area (Å²) in [5, 5.41) is 7.50. The van der Waals surface area contributed by atoms with Crippen molar-refractivity contribution in [2.45, 2.75) is 6.54 Å². The van der Waals surface area contributed by atoms with E-state index in [0.29, 0.717) is 16.5 Å². The molecular formula is C27H21N3O2. The Labute approximate surface area is 184 Å². The van der Waals surface area contributed by atoms with Gasteiger partial charge >= 0.3 is 0 Å². The molecule has 5 rings (SSSR count). The Balaban J connectivity index is 1.39. The SMILES string of the molecule is O=C(Cn1c2ccccc2c(=O)c2ccccc21)Nc1ccc(Nc2ccccc2)cc1. The summed E-state index contributed by atoms with van der Waals surface area (Å²) in [5.74, 6) is -0.160. The second-order valence-electron chi connectivity index (χ2n) is 7.57. The van der Waals surface area contributed by atoms with Crippen LogP contribution in [0.5, 0.6) is 0 Å². The third kappa shape index (κ3) is 3.84. The van der Waals surface area contributed by atoms with E-state index in [9.17, 15) is 9.59 Å². The van der Waals surface area contributed by atoms with Crippen molar-refractivity contribution < 1.29 is 4.79 Å². The highest BCUT2D eigenvalue weighted by Gasteiger charge is 2.13. The van der Waals surface area contributed by atoms with Crippen molar-refractivity contribution in [3.8, 4) is 0 Å². The fourth-order valence-electron chi connectivity index (χ4n) is 3.92. The third-order valence-electron chi connectivity index (χ3n) is 5.41. The zero-order valence-electron chi connectivity index (χ0n) is 17.3. The average molecular weight is 419 g/mol. The lowest BCUT2D eigenvalue weighted by atomic mass is 10.1. The Kier molecular flexibility index (Phi) is 5.14. The highest BCUT2D eigenvalue weighted by Crippen LogP contribution is 2.21. The zero-order chi connectivity index (χ0) is 21.9. The van der Waals surface area contributed by atoms with E-state index in [-0.39, 0.29) is 17.9 Å². The molecule has 0 aliphatic heterocycles. The summed E-state index contributed by atoms with van der Waals surface area (Å²) in [6, 6.07) is 32.3. The molecule has 0 saturated heterocycles. The number of hydrogen-bond donors (Lipinski definition) is 2. The van der Waals surface area contributed by atoms with Gasteiger partial charge in [0.2, 0.25) is 5.91 Å². The maximum Gasteiger partial charge on any atom is 0.244 e. The van der Waals surface area contributed by atoms with E-state index in [1.54, 1.807) is 12.1 Å². The van der Waals surface area contributed by atoms with E-state index in [4.69, 9.17) is 0 Å². The van der Waals surface area contributed by atoms with Crippen LogP contribution in [0.15, 0.2) is 108 Å². The third-order valence-corrected chi connectivity index (χ3v) is 5.41. The second-order valence-corrected chi connectivity index (χ2v) is 7.57. The van der Waals surface area contributed by atoms with Gasteiger partial charge in [0, 0.05) is 27.8 Å². The number of para-hydroxylation sites is 3. The molecule has 0 unspecified atom stereocenters. The number of fused-ring (bicyclic) bond motifs is 2. The lowest BCUT2D eigenvalue weighted by Gasteiger charge is -2.15. The van der Waals surface area contributed by atoms with Crippen LogP contribution in [-0.4, -0.2) is 10.5 Å². The standard InChI is InChI=1S/C27H21N3O2/c31-26(29-21-16-14-20(15-17-21)28-19-8-2-1-3-9-19)18-30-24-12-6-4-10-22(24)27(32)23-11-5-7-13-25(23)30/h1-17,28H,18H2,(H,29,31). The lowest BCUT2D eigenvalue weighted by Crippen LogP contribution is -2.21. The van der Waals surface area contributed by atoms with Crippen LogP contribution in [0.25, 0.3) is 21.8 Å². The monoisotopic (exact) mass is 419 g/mol. The van der Waals surface area contributed by atoms with Gasteiger partial charge in [-0.2, -0.15) is 0 Å². The van der Waals surface area contributed by atoms with Crippen LogP contribution in [0.2, 0.25) is 0 Å². The summed E-state index contributed by atoms with van der Waals surface area (Å²) in [6.07, 6.45) is 0. The summed E-state index contributed by atoms with van der Waals surface area (Å²) in [5.41, 5.74) is 4.12. The number of anilines is 3. The van der Waals surface area contributed by atoms with Crippen molar-refractivity contribution in [3.63, 3.8) is 0 Å². The molecule has 0 atom stereocenters. The van der Waals surface area contributed by atoms with E-state index in [0.717, 1.165) is 22.4 Å². The molecule has 2 N–H and O–H groups in total. The van der Waals surface area contributed by atoms with Crippen LogP contribution in [0.1, 0.15) is 0 Å². The van der Waals surface area contributed by atoms with Crippen molar-refractivity contribution in [2.75, 3.05) is 10.6 Å². The van der Waals surface area contributed by atoms with Crippen LogP contribution in [0, 0.1) is 0 Å². The minimum atomic E-state index is -0.160. The number of nitrogens with zero attached hydrogens (tertiary/aromatic N) is 1. The van der Waals surface area contributed by atoms with E-state index in [1.807, 2.05) is 95.6 Å². The van der Waals surface area contributed by atoms with Gasteiger partial charge in [0.05, 0.1) is 11.0 Å². The van der Waals surface area contributed by atoms with Crippen LogP contribution in [0.3, 0.4) is 0 Å². The van der Waals surface area contributed by atoms with Gasteiger partial charge in [0.25, 0.3) is 0 Å². The molecule has 1 amide bonds. The molecule has 5 heteroatoms. The minimum Gasteiger partial charge on any atom is -0.356 e. The van der Waals surface area contributed by atoms with E-state index >= 15 is 0 Å². The number of amides is 1. The average Bonchev–Trinajstić information content (AvgIpc) is 2.84. The molecule has 0 radical (unpaired) electrons. The van der Waals surface area contributed by atoms with Gasteiger partial charge in [-0.05, 0) is 60.7 Å². The van der Waals surface area contributed by atoms with Gasteiger partial charge in [-0.1, -0.05) is 42.5 Å². The van der Waals surface area contributed by atoms with Crippen LogP contribution in [0.4, 0.5) is 17.1 Å². The lowest BCUT2D eigenvalue weighted by molar-refractivity contribution is -0.116. The summed E-state index contributed by atoms with van der Waals surface area (Å²) >= 11 is 0. The number of pyridine rings is 1. The van der Waals surface area contributed by atoms with Crippen molar-refractivity contribution in [1.82, 2.24) is 4.57 Å². The van der Waals surface area contributed by atoms with Gasteiger partial charge in [0.1, 0.15) is 6.54 Å². The maximum absolute atomic E-state index is 12.9. The Morgan fingerprint density at radius 1 is 0.625 bits per heavy atom. The fourth-order valence-corrected chi connectivity index (χ4v) is 3.92. The molecule has 1 aromatic heterocycles. The van der Waals surface area contributed by atoms with E-state index in [1.165, 1.54) is 0 Å². The highest BCUT2D eigenvalue weighted by atomic mass is 16.2. The van der Waals surface area contributed by atoms with Crippen molar-refractivity contribution in [1.29, 1.82) is 0 Å². The molecule has 0 spiro atoms. The number of carbonyl (C=O) groups is 1. The molecular weight excluding hydrogens is 398 g/mol. The molecule has 0 saturated carbocycles. The summed E-state index contributed by atoms with van der Waals surface area (Å²) in [4.78, 5) is 25.8. The van der Waals surface area contributed by atoms with Gasteiger partial charge in [-0.3, -0.25) is 9.59 Å². The topological polar surface area (TPSA) is 63.1 Å². The second kappa shape index (κ2) is 8.40. The Morgan fingerprint density at radius 3 is 1.75 bits per heavy atom. The van der Waals surface area contributed by atoms with Gasteiger partial charge in [-0.25, -0.2) is 0 Å². The number of benzene rings is 4. The molecule has 4 aromatic carbocycles. The first-order valence-corrected chi connectivity index (χ1v) is 10.4. The Bertz CT molecular complexity index is 1410. The van der Waals surface area contributed by atoms with Gasteiger partial charge in [-0.15, -0.1) is 0 Å². The minimum absolute atomic E-state index is 0.0191. The summed E-state index contributed by atoms with van der Waals surface area (Å²) in [7, 11) is 0. The predicted molar refractivity (Wildman–Crippen MR) is 131 cm³/mol. The van der Waals surface area contributed by atoms with E-state index < -0.39 is 0 Å². The number of carbonyl (C=O) groups excluding carboxylic acids is 1. The van der Waals surface area contributed by atoms with Crippen LogP contribution in [-0.2, 0) is 11.3 Å². The summed E-state index contributed by atoms with van der Waals surface area (Å²) in [6.45, 7) is 0.103. The molecule has 0 aliphatic rings. The van der Waals surface area contributed by atoms with Crippen molar-refractivity contribution >= 4 is 44.8 Å². The Morgan fingerprint density at radius 2 is 1.12 bits per heavy atom.